The van der Waals surface area contributed by atoms with E-state index >= 15 is 0 Å². The molecule has 1 aromatic carbocycles. The maximum absolute atomic E-state index is 11.6. The number of fused-ring (bicyclic) bond motifs is 1. The fraction of sp³-hybridized carbons (Fsp3) is 0.176. The monoisotopic (exact) mass is 280 g/mol. The Bertz CT molecular complexity index is 759. The Morgan fingerprint density at radius 1 is 1.29 bits per heavy atom. The van der Waals surface area contributed by atoms with Crippen molar-refractivity contribution in [2.75, 3.05) is 0 Å². The summed E-state index contributed by atoms with van der Waals surface area (Å²) in [5.41, 5.74) is 3.50. The van der Waals surface area contributed by atoms with E-state index < -0.39 is 11.9 Å². The first-order valence-corrected chi connectivity index (χ1v) is 6.85. The summed E-state index contributed by atoms with van der Waals surface area (Å²) in [4.78, 5) is 16.1. The van der Waals surface area contributed by atoms with E-state index in [0.29, 0.717) is 6.42 Å². The number of carbonyl (C=O) groups is 1. The van der Waals surface area contributed by atoms with Crippen molar-refractivity contribution in [2.45, 2.75) is 19.3 Å². The summed E-state index contributed by atoms with van der Waals surface area (Å²) in [7, 11) is 0. The number of nitrogens with zero attached hydrogens (tertiary/aromatic N) is 2. The van der Waals surface area contributed by atoms with Gasteiger partial charge in [-0.1, -0.05) is 35.9 Å². The molecule has 0 bridgehead atoms. The predicted molar refractivity (Wildman–Crippen MR) is 80.5 cm³/mol. The fourth-order valence-electron chi connectivity index (χ4n) is 2.53. The first kappa shape index (κ1) is 13.4. The van der Waals surface area contributed by atoms with Crippen molar-refractivity contribution in [1.29, 1.82) is 0 Å². The number of benzene rings is 1. The van der Waals surface area contributed by atoms with E-state index in [1.165, 1.54) is 0 Å². The van der Waals surface area contributed by atoms with Crippen LogP contribution in [0.1, 0.15) is 22.7 Å². The van der Waals surface area contributed by atoms with E-state index in [1.54, 1.807) is 0 Å². The fourth-order valence-corrected chi connectivity index (χ4v) is 2.53. The molecule has 0 aliphatic carbocycles. The third kappa shape index (κ3) is 2.79. The second-order valence-corrected chi connectivity index (χ2v) is 5.21. The van der Waals surface area contributed by atoms with Gasteiger partial charge in [-0.2, -0.15) is 0 Å². The van der Waals surface area contributed by atoms with Gasteiger partial charge in [0.25, 0.3) is 0 Å². The Morgan fingerprint density at radius 3 is 2.86 bits per heavy atom. The molecule has 2 heterocycles. The maximum Gasteiger partial charge on any atom is 0.311 e. The highest BCUT2D eigenvalue weighted by Crippen LogP contribution is 2.22. The zero-order valence-electron chi connectivity index (χ0n) is 11.7. The zero-order valence-corrected chi connectivity index (χ0v) is 11.7. The van der Waals surface area contributed by atoms with Gasteiger partial charge >= 0.3 is 5.97 Å². The van der Waals surface area contributed by atoms with E-state index in [9.17, 15) is 9.90 Å². The highest BCUT2D eigenvalue weighted by molar-refractivity contribution is 5.76. The molecule has 0 aliphatic heterocycles. The van der Waals surface area contributed by atoms with Gasteiger partial charge in [0.15, 0.2) is 0 Å². The van der Waals surface area contributed by atoms with Crippen LogP contribution in [0.25, 0.3) is 5.65 Å². The third-order valence-corrected chi connectivity index (χ3v) is 3.57. The molecule has 0 saturated carbocycles. The molecule has 3 aromatic rings. The molecular formula is C17H16N2O2. The number of pyridine rings is 1. The molecular weight excluding hydrogens is 264 g/mol. The van der Waals surface area contributed by atoms with E-state index in [4.69, 9.17) is 0 Å². The second kappa shape index (κ2) is 5.40. The Morgan fingerprint density at radius 2 is 2.14 bits per heavy atom. The molecule has 0 saturated heterocycles. The van der Waals surface area contributed by atoms with Crippen LogP contribution in [0.3, 0.4) is 0 Å². The summed E-state index contributed by atoms with van der Waals surface area (Å²) in [6.45, 7) is 1.97. The van der Waals surface area contributed by atoms with E-state index in [2.05, 4.69) is 4.98 Å². The molecule has 2 aromatic heterocycles. The Labute approximate surface area is 122 Å². The molecule has 1 atom stereocenters. The quantitative estimate of drug-likeness (QED) is 0.799. The van der Waals surface area contributed by atoms with Gasteiger partial charge in [-0.15, -0.1) is 0 Å². The van der Waals surface area contributed by atoms with Crippen molar-refractivity contribution in [3.63, 3.8) is 0 Å². The number of aryl methyl sites for hydroxylation is 1. The third-order valence-electron chi connectivity index (χ3n) is 3.57. The minimum absolute atomic E-state index is 0.389. The number of carboxylic acid groups (broad SMARTS) is 1. The zero-order chi connectivity index (χ0) is 14.8. The van der Waals surface area contributed by atoms with Gasteiger partial charge < -0.3 is 9.51 Å². The molecule has 0 aliphatic rings. The number of carboxylic acids is 1. The normalized spacial score (nSPS) is 12.4. The number of imidazole rings is 1. The molecule has 0 spiro atoms. The summed E-state index contributed by atoms with van der Waals surface area (Å²) in [6.07, 6.45) is 4.19. The number of aliphatic carboxylic acids is 1. The van der Waals surface area contributed by atoms with Crippen molar-refractivity contribution in [3.8, 4) is 0 Å². The number of hydrogen-bond acceptors (Lipinski definition) is 2. The van der Waals surface area contributed by atoms with E-state index in [0.717, 1.165) is 22.5 Å². The Kier molecular flexibility index (Phi) is 3.44. The van der Waals surface area contributed by atoms with Crippen LogP contribution in [0.2, 0.25) is 0 Å². The first-order valence-electron chi connectivity index (χ1n) is 6.85. The second-order valence-electron chi connectivity index (χ2n) is 5.21. The average Bonchev–Trinajstić information content (AvgIpc) is 2.87. The number of rotatable bonds is 4. The van der Waals surface area contributed by atoms with Crippen LogP contribution in [0.4, 0.5) is 0 Å². The molecule has 0 fully saturated rings. The smallest absolute Gasteiger partial charge is 0.311 e. The lowest BCUT2D eigenvalue weighted by Gasteiger charge is -2.11. The predicted octanol–water partition coefficient (Wildman–Crippen LogP) is 3.05. The lowest BCUT2D eigenvalue weighted by atomic mass is 9.93. The van der Waals surface area contributed by atoms with Gasteiger partial charge in [-0.25, -0.2) is 4.98 Å². The molecule has 4 nitrogen and oxygen atoms in total. The van der Waals surface area contributed by atoms with Gasteiger partial charge in [-0.05, 0) is 24.6 Å². The maximum atomic E-state index is 11.6. The van der Waals surface area contributed by atoms with Crippen molar-refractivity contribution in [3.05, 3.63) is 71.7 Å². The van der Waals surface area contributed by atoms with Crippen molar-refractivity contribution in [1.82, 2.24) is 9.38 Å². The van der Waals surface area contributed by atoms with Gasteiger partial charge in [-0.3, -0.25) is 4.79 Å². The molecule has 106 valence electrons. The van der Waals surface area contributed by atoms with Crippen LogP contribution in [-0.2, 0) is 11.2 Å². The minimum atomic E-state index is -0.822. The Hall–Kier alpha value is -2.62. The van der Waals surface area contributed by atoms with Crippen LogP contribution in [-0.4, -0.2) is 20.5 Å². The number of aromatic nitrogens is 2. The Balaban J connectivity index is 1.93. The van der Waals surface area contributed by atoms with Gasteiger partial charge in [0.2, 0.25) is 0 Å². The lowest BCUT2D eigenvalue weighted by Crippen LogP contribution is -2.14. The van der Waals surface area contributed by atoms with Crippen molar-refractivity contribution >= 4 is 11.6 Å². The minimum Gasteiger partial charge on any atom is -0.481 e. The highest BCUT2D eigenvalue weighted by atomic mass is 16.4. The summed E-state index contributed by atoms with van der Waals surface area (Å²) in [5, 5.41) is 9.52. The SMILES string of the molecule is Cc1cccc(C(Cc2cn3ccccc3n2)C(=O)O)c1. The van der Waals surface area contributed by atoms with Gasteiger partial charge in [0.1, 0.15) is 5.65 Å². The molecule has 1 unspecified atom stereocenters. The van der Waals surface area contributed by atoms with Crippen molar-refractivity contribution < 1.29 is 9.90 Å². The van der Waals surface area contributed by atoms with E-state index in [-0.39, 0.29) is 0 Å². The van der Waals surface area contributed by atoms with Crippen LogP contribution < -0.4 is 0 Å². The molecule has 21 heavy (non-hydrogen) atoms. The van der Waals surface area contributed by atoms with Gasteiger partial charge in [0, 0.05) is 18.8 Å². The number of hydrogen-bond donors (Lipinski definition) is 1. The summed E-state index contributed by atoms with van der Waals surface area (Å²) in [6, 6.07) is 13.4. The lowest BCUT2D eigenvalue weighted by molar-refractivity contribution is -0.138. The standard InChI is InChI=1S/C17H16N2O2/c1-12-5-4-6-13(9-12)15(17(20)21)10-14-11-19-8-3-2-7-16(19)18-14/h2-9,11,15H,10H2,1H3,(H,20,21). The highest BCUT2D eigenvalue weighted by Gasteiger charge is 2.21. The van der Waals surface area contributed by atoms with Crippen LogP contribution in [0.15, 0.2) is 54.9 Å². The van der Waals surface area contributed by atoms with Crippen molar-refractivity contribution in [2.24, 2.45) is 0 Å². The van der Waals surface area contributed by atoms with Crippen LogP contribution in [0, 0.1) is 6.92 Å². The molecule has 1 N–H and O–H groups in total. The topological polar surface area (TPSA) is 54.6 Å². The van der Waals surface area contributed by atoms with Crippen LogP contribution >= 0.6 is 0 Å². The van der Waals surface area contributed by atoms with E-state index in [1.807, 2.05) is 66.2 Å². The average molecular weight is 280 g/mol. The van der Waals surface area contributed by atoms with Gasteiger partial charge in [0.05, 0.1) is 11.6 Å². The molecule has 0 amide bonds. The first-order chi connectivity index (χ1) is 10.1. The molecule has 0 radical (unpaired) electrons. The largest absolute Gasteiger partial charge is 0.481 e. The van der Waals surface area contributed by atoms with Crippen LogP contribution in [0.5, 0.6) is 0 Å². The summed E-state index contributed by atoms with van der Waals surface area (Å²) < 4.78 is 1.91. The summed E-state index contributed by atoms with van der Waals surface area (Å²) >= 11 is 0. The molecule has 3 rings (SSSR count). The summed E-state index contributed by atoms with van der Waals surface area (Å²) in [5.74, 6) is -1.40. The molecule has 4 heteroatoms.